The van der Waals surface area contributed by atoms with Crippen molar-refractivity contribution in [3.8, 4) is 11.1 Å². The molecule has 1 aliphatic heterocycles. The average molecular weight is 441 g/mol. The minimum atomic E-state index is -3.66. The third-order valence-corrected chi connectivity index (χ3v) is 6.60. The zero-order valence-electron chi connectivity index (χ0n) is 17.2. The molecule has 1 amide bonds. The van der Waals surface area contributed by atoms with Crippen molar-refractivity contribution >= 4 is 38.1 Å². The Labute approximate surface area is 186 Å². The number of anilines is 2. The standard InChI is InChI=1S/C26H20N2O3S/c1-2-32(30,31)27-23-15-16-24-25-21(23)9-6-10-22(25)26(29)28(24)17-18-11-13-20(14-12-18)19-7-4-3-5-8-19/h2-16,27H,1,17H2. The zero-order chi connectivity index (χ0) is 22.3. The van der Waals surface area contributed by atoms with Gasteiger partial charge in [-0.1, -0.05) is 73.3 Å². The Bertz CT molecular complexity index is 1460. The van der Waals surface area contributed by atoms with Crippen LogP contribution in [0.5, 0.6) is 0 Å². The van der Waals surface area contributed by atoms with Crippen molar-refractivity contribution in [2.45, 2.75) is 6.54 Å². The second-order valence-electron chi connectivity index (χ2n) is 7.63. The van der Waals surface area contributed by atoms with Gasteiger partial charge in [0.25, 0.3) is 15.9 Å². The van der Waals surface area contributed by atoms with Crippen molar-refractivity contribution in [3.05, 3.63) is 108 Å². The van der Waals surface area contributed by atoms with Crippen LogP contribution in [0, 0.1) is 0 Å². The highest BCUT2D eigenvalue weighted by atomic mass is 32.2. The van der Waals surface area contributed by atoms with Gasteiger partial charge in [0.05, 0.1) is 17.9 Å². The molecule has 0 aliphatic carbocycles. The number of nitrogens with zero attached hydrogens (tertiary/aromatic N) is 1. The topological polar surface area (TPSA) is 66.5 Å². The number of carbonyl (C=O) groups excluding carboxylic acids is 1. The van der Waals surface area contributed by atoms with Crippen molar-refractivity contribution in [2.24, 2.45) is 0 Å². The normalized spacial score (nSPS) is 12.9. The van der Waals surface area contributed by atoms with E-state index in [0.717, 1.165) is 33.2 Å². The molecule has 0 bridgehead atoms. The van der Waals surface area contributed by atoms with E-state index in [1.807, 2.05) is 36.4 Å². The van der Waals surface area contributed by atoms with Gasteiger partial charge in [-0.25, -0.2) is 8.42 Å². The summed E-state index contributed by atoms with van der Waals surface area (Å²) in [4.78, 5) is 14.9. The van der Waals surface area contributed by atoms with E-state index in [2.05, 4.69) is 35.6 Å². The van der Waals surface area contributed by atoms with Crippen molar-refractivity contribution in [2.75, 3.05) is 9.62 Å². The van der Waals surface area contributed by atoms with E-state index >= 15 is 0 Å². The van der Waals surface area contributed by atoms with Crippen molar-refractivity contribution in [3.63, 3.8) is 0 Å². The fourth-order valence-corrected chi connectivity index (χ4v) is 4.67. The molecule has 4 aromatic rings. The number of rotatable bonds is 6. The van der Waals surface area contributed by atoms with Gasteiger partial charge in [0.1, 0.15) is 0 Å². The van der Waals surface area contributed by atoms with Crippen LogP contribution >= 0.6 is 0 Å². The van der Waals surface area contributed by atoms with Crippen LogP contribution in [-0.4, -0.2) is 14.3 Å². The Hall–Kier alpha value is -3.90. The summed E-state index contributed by atoms with van der Waals surface area (Å²) in [7, 11) is -3.66. The predicted octanol–water partition coefficient (Wildman–Crippen LogP) is 5.55. The highest BCUT2D eigenvalue weighted by Gasteiger charge is 2.30. The van der Waals surface area contributed by atoms with E-state index in [4.69, 9.17) is 0 Å². The van der Waals surface area contributed by atoms with Gasteiger partial charge in [-0.15, -0.1) is 0 Å². The molecule has 0 aromatic heterocycles. The van der Waals surface area contributed by atoms with E-state index in [-0.39, 0.29) is 5.91 Å². The van der Waals surface area contributed by atoms with Gasteiger partial charge in [-0.3, -0.25) is 9.52 Å². The molecular weight excluding hydrogens is 420 g/mol. The fraction of sp³-hybridized carbons (Fsp3) is 0.0385. The molecule has 5 rings (SSSR count). The van der Waals surface area contributed by atoms with Crippen LogP contribution in [0.25, 0.3) is 21.9 Å². The molecule has 5 nitrogen and oxygen atoms in total. The minimum absolute atomic E-state index is 0.0959. The largest absolute Gasteiger partial charge is 0.303 e. The lowest BCUT2D eigenvalue weighted by molar-refractivity contribution is 0.0991. The second-order valence-corrected chi connectivity index (χ2v) is 9.26. The first-order valence-corrected chi connectivity index (χ1v) is 11.7. The van der Waals surface area contributed by atoms with E-state index in [1.54, 1.807) is 29.2 Å². The van der Waals surface area contributed by atoms with Gasteiger partial charge in [0.15, 0.2) is 0 Å². The summed E-state index contributed by atoms with van der Waals surface area (Å²) in [5.74, 6) is -0.0959. The minimum Gasteiger partial charge on any atom is -0.303 e. The molecule has 4 aromatic carbocycles. The summed E-state index contributed by atoms with van der Waals surface area (Å²) in [6.45, 7) is 3.77. The number of benzene rings is 4. The molecule has 32 heavy (non-hydrogen) atoms. The second kappa shape index (κ2) is 7.66. The van der Waals surface area contributed by atoms with Crippen LogP contribution in [0.1, 0.15) is 15.9 Å². The van der Waals surface area contributed by atoms with Crippen molar-refractivity contribution in [1.82, 2.24) is 0 Å². The van der Waals surface area contributed by atoms with E-state index in [1.165, 1.54) is 0 Å². The maximum atomic E-state index is 13.2. The highest BCUT2D eigenvalue weighted by Crippen LogP contribution is 2.41. The average Bonchev–Trinajstić information content (AvgIpc) is 3.09. The zero-order valence-corrected chi connectivity index (χ0v) is 18.0. The monoisotopic (exact) mass is 440 g/mol. The molecule has 6 heteroatoms. The van der Waals surface area contributed by atoms with E-state index in [0.29, 0.717) is 23.2 Å². The predicted molar refractivity (Wildman–Crippen MR) is 129 cm³/mol. The maximum absolute atomic E-state index is 13.2. The van der Waals surface area contributed by atoms with Gasteiger partial charge >= 0.3 is 0 Å². The first-order valence-electron chi connectivity index (χ1n) is 10.1. The van der Waals surface area contributed by atoms with Crippen molar-refractivity contribution in [1.29, 1.82) is 0 Å². The Kier molecular flexibility index (Phi) is 4.79. The molecule has 0 radical (unpaired) electrons. The smallest absolute Gasteiger partial charge is 0.259 e. The maximum Gasteiger partial charge on any atom is 0.259 e. The third kappa shape index (κ3) is 3.44. The summed E-state index contributed by atoms with van der Waals surface area (Å²) in [6, 6.07) is 27.1. The lowest BCUT2D eigenvalue weighted by Crippen LogP contribution is -2.26. The fourth-order valence-electron chi connectivity index (χ4n) is 4.10. The molecular formula is C26H20N2O3S. The number of nitrogens with one attached hydrogen (secondary N) is 1. The Balaban J connectivity index is 1.49. The molecule has 0 atom stereocenters. The molecule has 0 saturated carbocycles. The molecule has 0 unspecified atom stereocenters. The summed E-state index contributed by atoms with van der Waals surface area (Å²) >= 11 is 0. The van der Waals surface area contributed by atoms with Gasteiger partial charge in [-0.05, 0) is 34.9 Å². The van der Waals surface area contributed by atoms with Gasteiger partial charge in [-0.2, -0.15) is 0 Å². The summed E-state index contributed by atoms with van der Waals surface area (Å²) in [6.07, 6.45) is 0. The summed E-state index contributed by atoms with van der Waals surface area (Å²) in [5, 5.41) is 2.30. The van der Waals surface area contributed by atoms with Gasteiger partial charge in [0, 0.05) is 21.7 Å². The Morgan fingerprint density at radius 2 is 1.56 bits per heavy atom. The number of amides is 1. The Morgan fingerprint density at radius 1 is 0.844 bits per heavy atom. The molecule has 1 aliphatic rings. The Morgan fingerprint density at radius 3 is 2.28 bits per heavy atom. The van der Waals surface area contributed by atoms with Crippen LogP contribution in [0.3, 0.4) is 0 Å². The number of hydrogen-bond acceptors (Lipinski definition) is 3. The molecule has 1 heterocycles. The van der Waals surface area contributed by atoms with Crippen LogP contribution in [0.15, 0.2) is 96.9 Å². The molecule has 0 spiro atoms. The number of sulfonamides is 1. The summed E-state index contributed by atoms with van der Waals surface area (Å²) < 4.78 is 26.5. The van der Waals surface area contributed by atoms with Crippen LogP contribution < -0.4 is 9.62 Å². The summed E-state index contributed by atoms with van der Waals surface area (Å²) in [5.41, 5.74) is 5.03. The van der Waals surface area contributed by atoms with Crippen LogP contribution in [0.4, 0.5) is 11.4 Å². The third-order valence-electron chi connectivity index (χ3n) is 5.66. The molecule has 0 saturated heterocycles. The number of hydrogen-bond donors (Lipinski definition) is 1. The van der Waals surface area contributed by atoms with Crippen molar-refractivity contribution < 1.29 is 13.2 Å². The number of carbonyl (C=O) groups is 1. The quantitative estimate of drug-likeness (QED) is 0.427. The van der Waals surface area contributed by atoms with Gasteiger partial charge < -0.3 is 4.90 Å². The van der Waals surface area contributed by atoms with Crippen LogP contribution in [0.2, 0.25) is 0 Å². The molecule has 1 N–H and O–H groups in total. The molecule has 0 fully saturated rings. The molecule has 158 valence electrons. The lowest BCUT2D eigenvalue weighted by Gasteiger charge is -2.18. The first kappa shape index (κ1) is 20.0. The van der Waals surface area contributed by atoms with Gasteiger partial charge in [0.2, 0.25) is 0 Å². The SMILES string of the molecule is C=CS(=O)(=O)Nc1ccc2c3c(cccc13)C(=O)N2Cc1ccc(-c2ccccc2)cc1. The van der Waals surface area contributed by atoms with E-state index in [9.17, 15) is 13.2 Å². The lowest BCUT2D eigenvalue weighted by atomic mass is 10.0. The highest BCUT2D eigenvalue weighted by molar-refractivity contribution is 7.95. The first-order chi connectivity index (χ1) is 15.5. The van der Waals surface area contributed by atoms with Crippen LogP contribution in [-0.2, 0) is 16.6 Å². The van der Waals surface area contributed by atoms with E-state index < -0.39 is 10.0 Å².